The first-order valence-electron chi connectivity index (χ1n) is 5.43. The van der Waals surface area contributed by atoms with Crippen molar-refractivity contribution < 1.29 is 4.74 Å². The van der Waals surface area contributed by atoms with Gasteiger partial charge < -0.3 is 15.0 Å². The second-order valence-corrected chi connectivity index (χ2v) is 3.90. The Bertz CT molecular complexity index is 504. The maximum Gasteiger partial charge on any atom is 0.126 e. The molecule has 0 aliphatic carbocycles. The van der Waals surface area contributed by atoms with Gasteiger partial charge in [-0.2, -0.15) is 0 Å². The third kappa shape index (κ3) is 1.65. The fourth-order valence-electron chi connectivity index (χ4n) is 1.84. The lowest BCUT2D eigenvalue weighted by atomic mass is 10.2. The number of ether oxygens (including phenoxy) is 1. The van der Waals surface area contributed by atoms with E-state index < -0.39 is 0 Å². The molecular weight excluding hydrogens is 202 g/mol. The highest BCUT2D eigenvalue weighted by Crippen LogP contribution is 2.23. The van der Waals surface area contributed by atoms with Crippen LogP contribution in [0.25, 0.3) is 11.0 Å². The molecule has 0 amide bonds. The Balaban J connectivity index is 2.58. The highest BCUT2D eigenvalue weighted by Gasteiger charge is 2.13. The summed E-state index contributed by atoms with van der Waals surface area (Å²) in [5.41, 5.74) is 8.03. The van der Waals surface area contributed by atoms with Crippen LogP contribution in [0.15, 0.2) is 18.2 Å². The van der Waals surface area contributed by atoms with E-state index in [0.29, 0.717) is 0 Å². The van der Waals surface area contributed by atoms with Crippen LogP contribution in [0.5, 0.6) is 5.75 Å². The van der Waals surface area contributed by atoms with Gasteiger partial charge in [0.2, 0.25) is 0 Å². The summed E-state index contributed by atoms with van der Waals surface area (Å²) in [7, 11) is 3.65. The van der Waals surface area contributed by atoms with Crippen LogP contribution in [-0.4, -0.2) is 16.7 Å². The molecule has 2 N–H and O–H groups in total. The highest BCUT2D eigenvalue weighted by atomic mass is 16.5. The van der Waals surface area contributed by atoms with Gasteiger partial charge in [-0.15, -0.1) is 0 Å². The Labute approximate surface area is 95.0 Å². The van der Waals surface area contributed by atoms with Crippen LogP contribution < -0.4 is 10.5 Å². The largest absolute Gasteiger partial charge is 0.497 e. The number of imidazole rings is 1. The lowest BCUT2D eigenvalue weighted by Gasteiger charge is -2.08. The molecule has 2 rings (SSSR count). The van der Waals surface area contributed by atoms with Crippen molar-refractivity contribution >= 4 is 11.0 Å². The lowest BCUT2D eigenvalue weighted by Crippen LogP contribution is -2.13. The number of fused-ring (bicyclic) bond motifs is 1. The van der Waals surface area contributed by atoms with Crippen molar-refractivity contribution in [2.45, 2.75) is 19.4 Å². The molecule has 0 bridgehead atoms. The Hall–Kier alpha value is -1.55. The molecule has 4 nitrogen and oxygen atoms in total. The summed E-state index contributed by atoms with van der Waals surface area (Å²) in [5.74, 6) is 1.74. The summed E-state index contributed by atoms with van der Waals surface area (Å²) in [6.07, 6.45) is 0.883. The first kappa shape index (κ1) is 11.0. The minimum Gasteiger partial charge on any atom is -0.497 e. The van der Waals surface area contributed by atoms with Crippen molar-refractivity contribution in [1.29, 1.82) is 0 Å². The third-order valence-corrected chi connectivity index (χ3v) is 2.89. The van der Waals surface area contributed by atoms with Gasteiger partial charge in [0.05, 0.1) is 24.2 Å². The monoisotopic (exact) mass is 219 g/mol. The van der Waals surface area contributed by atoms with E-state index in [2.05, 4.69) is 11.9 Å². The zero-order valence-corrected chi connectivity index (χ0v) is 9.90. The zero-order valence-electron chi connectivity index (χ0n) is 9.90. The molecule has 1 heterocycles. The van der Waals surface area contributed by atoms with Crippen LogP contribution in [0.3, 0.4) is 0 Å². The normalized spacial score (nSPS) is 13.0. The van der Waals surface area contributed by atoms with Crippen LogP contribution in [0.4, 0.5) is 0 Å². The van der Waals surface area contributed by atoms with E-state index in [4.69, 9.17) is 10.5 Å². The Morgan fingerprint density at radius 3 is 2.88 bits per heavy atom. The first-order valence-corrected chi connectivity index (χ1v) is 5.43. The quantitative estimate of drug-likeness (QED) is 0.859. The van der Waals surface area contributed by atoms with Crippen LogP contribution in [-0.2, 0) is 7.05 Å². The van der Waals surface area contributed by atoms with Crippen molar-refractivity contribution in [3.63, 3.8) is 0 Å². The minimum atomic E-state index is -0.0107. The number of aryl methyl sites for hydroxylation is 1. The average molecular weight is 219 g/mol. The number of hydrogen-bond donors (Lipinski definition) is 1. The molecule has 0 saturated carbocycles. The molecule has 0 aliphatic rings. The molecule has 0 saturated heterocycles. The van der Waals surface area contributed by atoms with E-state index in [0.717, 1.165) is 29.0 Å². The van der Waals surface area contributed by atoms with Crippen LogP contribution in [0.1, 0.15) is 25.2 Å². The zero-order chi connectivity index (χ0) is 11.7. The van der Waals surface area contributed by atoms with Crippen molar-refractivity contribution in [2.75, 3.05) is 7.11 Å². The van der Waals surface area contributed by atoms with E-state index >= 15 is 0 Å². The van der Waals surface area contributed by atoms with Gasteiger partial charge in [-0.3, -0.25) is 0 Å². The number of nitrogens with two attached hydrogens (primary N) is 1. The summed E-state index contributed by atoms with van der Waals surface area (Å²) >= 11 is 0. The first-order chi connectivity index (χ1) is 7.67. The van der Waals surface area contributed by atoms with Gasteiger partial charge in [0.15, 0.2) is 0 Å². The van der Waals surface area contributed by atoms with Crippen molar-refractivity contribution in [2.24, 2.45) is 12.8 Å². The number of aromatic nitrogens is 2. The maximum absolute atomic E-state index is 6.01. The molecule has 1 aromatic heterocycles. The second-order valence-electron chi connectivity index (χ2n) is 3.90. The number of nitrogens with zero attached hydrogens (tertiary/aromatic N) is 2. The van der Waals surface area contributed by atoms with Crippen molar-refractivity contribution in [3.05, 3.63) is 24.0 Å². The average Bonchev–Trinajstić information content (AvgIpc) is 2.65. The topological polar surface area (TPSA) is 53.1 Å². The van der Waals surface area contributed by atoms with Gasteiger partial charge in [-0.25, -0.2) is 4.98 Å². The molecule has 4 heteroatoms. The molecule has 0 spiro atoms. The number of benzene rings is 1. The molecule has 2 aromatic rings. The van der Waals surface area contributed by atoms with Crippen LogP contribution >= 0.6 is 0 Å². The molecule has 16 heavy (non-hydrogen) atoms. The molecule has 1 atom stereocenters. The van der Waals surface area contributed by atoms with E-state index in [1.165, 1.54) is 0 Å². The van der Waals surface area contributed by atoms with E-state index in [9.17, 15) is 0 Å². The van der Waals surface area contributed by atoms with Gasteiger partial charge in [0.25, 0.3) is 0 Å². The molecular formula is C12H17N3O. The van der Waals surface area contributed by atoms with Crippen LogP contribution in [0, 0.1) is 0 Å². The number of methoxy groups -OCH3 is 1. The molecule has 1 aromatic carbocycles. The smallest absolute Gasteiger partial charge is 0.126 e. The van der Waals surface area contributed by atoms with Crippen molar-refractivity contribution in [1.82, 2.24) is 9.55 Å². The molecule has 0 fully saturated rings. The fraction of sp³-hybridized carbons (Fsp3) is 0.417. The van der Waals surface area contributed by atoms with Gasteiger partial charge in [0, 0.05) is 13.1 Å². The fourth-order valence-corrected chi connectivity index (χ4v) is 1.84. The molecule has 86 valence electrons. The Kier molecular flexibility index (Phi) is 2.83. The summed E-state index contributed by atoms with van der Waals surface area (Å²) in [6.45, 7) is 2.06. The predicted octanol–water partition coefficient (Wildman–Crippen LogP) is 1.99. The van der Waals surface area contributed by atoms with Gasteiger partial charge in [0.1, 0.15) is 11.6 Å². The Morgan fingerprint density at radius 1 is 1.50 bits per heavy atom. The maximum atomic E-state index is 6.01. The minimum absolute atomic E-state index is 0.0107. The predicted molar refractivity (Wildman–Crippen MR) is 64.5 cm³/mol. The number of rotatable bonds is 3. The molecule has 0 aliphatic heterocycles. The summed E-state index contributed by atoms with van der Waals surface area (Å²) in [4.78, 5) is 4.55. The Morgan fingerprint density at radius 2 is 2.25 bits per heavy atom. The number of hydrogen-bond acceptors (Lipinski definition) is 3. The van der Waals surface area contributed by atoms with E-state index in [1.54, 1.807) is 7.11 Å². The summed E-state index contributed by atoms with van der Waals surface area (Å²) in [6, 6.07) is 5.86. The highest BCUT2D eigenvalue weighted by molar-refractivity contribution is 5.77. The third-order valence-electron chi connectivity index (χ3n) is 2.89. The summed E-state index contributed by atoms with van der Waals surface area (Å²) < 4.78 is 7.22. The molecule has 0 radical (unpaired) electrons. The lowest BCUT2D eigenvalue weighted by molar-refractivity contribution is 0.415. The van der Waals surface area contributed by atoms with E-state index in [1.807, 2.05) is 29.8 Å². The van der Waals surface area contributed by atoms with Gasteiger partial charge >= 0.3 is 0 Å². The van der Waals surface area contributed by atoms with Gasteiger partial charge in [-0.1, -0.05) is 6.92 Å². The second kappa shape index (κ2) is 4.14. The SMILES string of the molecule is CCC(N)c1nc2cc(OC)ccc2n1C. The molecule has 1 unspecified atom stereocenters. The van der Waals surface area contributed by atoms with E-state index in [-0.39, 0.29) is 6.04 Å². The summed E-state index contributed by atoms with van der Waals surface area (Å²) in [5, 5.41) is 0. The van der Waals surface area contributed by atoms with Crippen molar-refractivity contribution in [3.8, 4) is 5.75 Å². The van der Waals surface area contributed by atoms with Crippen LogP contribution in [0.2, 0.25) is 0 Å². The standard InChI is InChI=1S/C12H17N3O/c1-4-9(13)12-14-10-7-8(16-3)5-6-11(10)15(12)2/h5-7,9H,4,13H2,1-3H3. The van der Waals surface area contributed by atoms with Gasteiger partial charge in [-0.05, 0) is 18.6 Å².